The van der Waals surface area contributed by atoms with Crippen LogP contribution in [0.15, 0.2) is 0 Å². The van der Waals surface area contributed by atoms with Crippen LogP contribution in [0.3, 0.4) is 0 Å². The van der Waals surface area contributed by atoms with Crippen molar-refractivity contribution in [2.75, 3.05) is 20.1 Å². The number of nitrogens with zero attached hydrogens (tertiary/aromatic N) is 2. The minimum Gasteiger partial charge on any atom is -0.660 e. The van der Waals surface area contributed by atoms with Crippen molar-refractivity contribution < 1.29 is 58.2 Å². The molecular weight excluding hydrogens is 198 g/mol. The Morgan fingerprint density at radius 2 is 1.70 bits per heavy atom. The van der Waals surface area contributed by atoms with Crippen LogP contribution in [0.5, 0.6) is 0 Å². The van der Waals surface area contributed by atoms with Gasteiger partial charge in [-0.05, 0) is 32.0 Å². The van der Waals surface area contributed by atoms with Gasteiger partial charge in [0, 0.05) is 0 Å². The number of likely N-dealkylation sites (N-methyl/N-ethyl adjacent to an activating group) is 1. The van der Waals surface area contributed by atoms with Crippen LogP contribution in [-0.4, -0.2) is 37.1 Å². The molecule has 2 bridgehead atoms. The second-order valence-corrected chi connectivity index (χ2v) is 3.14. The maximum atomic E-state index is 4.41. The summed E-state index contributed by atoms with van der Waals surface area (Å²) in [6, 6.07) is 1.59. The van der Waals surface area contributed by atoms with Crippen molar-refractivity contribution in [2.24, 2.45) is 0 Å². The van der Waals surface area contributed by atoms with Crippen molar-refractivity contribution in [3.05, 3.63) is 5.32 Å². The second kappa shape index (κ2) is 4.10. The smallest absolute Gasteiger partial charge is 0.660 e. The van der Waals surface area contributed by atoms with Crippen LogP contribution < -0.4 is 58.2 Å². The summed E-state index contributed by atoms with van der Waals surface area (Å²) in [6.45, 7) is 2.18. The first-order valence-electron chi connectivity index (χ1n) is 3.73. The summed E-state index contributed by atoms with van der Waals surface area (Å²) in [6.07, 6.45) is 2.76. The molecule has 52 valence electrons. The van der Waals surface area contributed by atoms with E-state index in [9.17, 15) is 0 Å². The van der Waals surface area contributed by atoms with E-state index in [0.29, 0.717) is 0 Å². The van der Waals surface area contributed by atoms with E-state index < -0.39 is 0 Å². The van der Waals surface area contributed by atoms with E-state index in [1.54, 1.807) is 0 Å². The normalized spacial score (nSPS) is 39.3. The summed E-state index contributed by atoms with van der Waals surface area (Å²) in [4.78, 5) is 2.49. The fourth-order valence-electron chi connectivity index (χ4n) is 1.90. The molecule has 0 radical (unpaired) electrons. The largest absolute Gasteiger partial charge is 1.00 e. The molecule has 10 heavy (non-hydrogen) atoms. The van der Waals surface area contributed by atoms with Gasteiger partial charge in [-0.1, -0.05) is 0 Å². The molecule has 0 aromatic carbocycles. The molecule has 2 nitrogen and oxygen atoms in total. The number of fused-ring (bicyclic) bond motifs is 2. The molecule has 0 aromatic rings. The molecule has 0 aromatic heterocycles. The Balaban J connectivity index is 0.000000500. The molecule has 0 N–H and O–H groups in total. The summed E-state index contributed by atoms with van der Waals surface area (Å²) < 4.78 is 0. The van der Waals surface area contributed by atoms with E-state index in [2.05, 4.69) is 17.3 Å². The molecule has 2 rings (SSSR count). The van der Waals surface area contributed by atoms with Crippen molar-refractivity contribution >= 4 is 0 Å². The van der Waals surface area contributed by atoms with Gasteiger partial charge in [0.2, 0.25) is 0 Å². The third-order valence-electron chi connectivity index (χ3n) is 2.66. The average molecular weight is 211 g/mol. The topological polar surface area (TPSA) is 17.3 Å². The fourth-order valence-corrected chi connectivity index (χ4v) is 1.90. The molecule has 2 unspecified atom stereocenters. The molecule has 0 amide bonds. The first-order chi connectivity index (χ1) is 4.38. The van der Waals surface area contributed by atoms with Crippen LogP contribution in [0.2, 0.25) is 0 Å². The van der Waals surface area contributed by atoms with Gasteiger partial charge >= 0.3 is 58.2 Å². The minimum atomic E-state index is 0. The first kappa shape index (κ1) is 9.81. The number of rotatable bonds is 0. The van der Waals surface area contributed by atoms with Gasteiger partial charge < -0.3 is 10.2 Å². The van der Waals surface area contributed by atoms with Gasteiger partial charge in [0.1, 0.15) is 0 Å². The standard InChI is InChI=1S/C7H13N2.Rb/c1-9-6-2-3-7(9)5-8-4-6;/h6-7H,2-5H2,1H3;/q-1;+1. The van der Waals surface area contributed by atoms with Gasteiger partial charge in [0.15, 0.2) is 0 Å². The molecule has 2 aliphatic heterocycles. The average Bonchev–Trinajstić information content (AvgIpc) is 2.19. The van der Waals surface area contributed by atoms with Crippen LogP contribution in [0.25, 0.3) is 5.32 Å². The number of hydrogen-bond acceptors (Lipinski definition) is 1. The third-order valence-corrected chi connectivity index (χ3v) is 2.66. The van der Waals surface area contributed by atoms with Gasteiger partial charge in [-0.2, -0.15) is 0 Å². The third kappa shape index (κ3) is 1.72. The zero-order valence-corrected chi connectivity index (χ0v) is 11.8. The van der Waals surface area contributed by atoms with E-state index in [1.807, 2.05) is 0 Å². The molecule has 3 heteroatoms. The van der Waals surface area contributed by atoms with Crippen LogP contribution in [-0.2, 0) is 0 Å². The van der Waals surface area contributed by atoms with E-state index in [1.165, 1.54) is 12.8 Å². The van der Waals surface area contributed by atoms with Gasteiger partial charge in [-0.25, -0.2) is 0 Å². The summed E-state index contributed by atoms with van der Waals surface area (Å²) >= 11 is 0. The van der Waals surface area contributed by atoms with E-state index in [-0.39, 0.29) is 58.2 Å². The van der Waals surface area contributed by atoms with Crippen molar-refractivity contribution in [1.82, 2.24) is 4.90 Å². The summed E-state index contributed by atoms with van der Waals surface area (Å²) in [5, 5.41) is 4.41. The van der Waals surface area contributed by atoms with Gasteiger partial charge in [0.25, 0.3) is 0 Å². The van der Waals surface area contributed by atoms with Gasteiger partial charge in [-0.15, -0.1) is 13.1 Å². The SMILES string of the molecule is CN1C2CCC1C[N-]C2.[Rb+]. The fraction of sp³-hybridized carbons (Fsp3) is 1.00. The maximum Gasteiger partial charge on any atom is 1.00 e. The molecule has 2 heterocycles. The van der Waals surface area contributed by atoms with Crippen molar-refractivity contribution in [1.29, 1.82) is 0 Å². The Kier molecular flexibility index (Phi) is 4.02. The molecule has 2 atom stereocenters. The van der Waals surface area contributed by atoms with Crippen LogP contribution >= 0.6 is 0 Å². The Hall–Kier alpha value is 1.73. The molecule has 2 fully saturated rings. The quantitative estimate of drug-likeness (QED) is 0.446. The van der Waals surface area contributed by atoms with E-state index in [4.69, 9.17) is 0 Å². The van der Waals surface area contributed by atoms with E-state index >= 15 is 0 Å². The molecular formula is C7H13N2Rb. The van der Waals surface area contributed by atoms with Crippen LogP contribution in [0.1, 0.15) is 12.8 Å². The Labute approximate surface area is 112 Å². The maximum absolute atomic E-state index is 4.41. The zero-order valence-electron chi connectivity index (χ0n) is 6.88. The van der Waals surface area contributed by atoms with Crippen LogP contribution in [0.4, 0.5) is 0 Å². The Morgan fingerprint density at radius 3 is 2.10 bits per heavy atom. The monoisotopic (exact) mass is 210 g/mol. The summed E-state index contributed by atoms with van der Waals surface area (Å²) in [5.74, 6) is 0. The molecule has 2 saturated heterocycles. The van der Waals surface area contributed by atoms with E-state index in [0.717, 1.165) is 25.2 Å². The van der Waals surface area contributed by atoms with Gasteiger partial charge in [-0.3, -0.25) is 0 Å². The molecule has 0 spiro atoms. The minimum absolute atomic E-state index is 0. The molecule has 2 aliphatic rings. The summed E-state index contributed by atoms with van der Waals surface area (Å²) in [7, 11) is 2.23. The van der Waals surface area contributed by atoms with Gasteiger partial charge in [0.05, 0.1) is 0 Å². The van der Waals surface area contributed by atoms with Crippen molar-refractivity contribution in [3.8, 4) is 0 Å². The molecule has 0 aliphatic carbocycles. The first-order valence-corrected chi connectivity index (χ1v) is 3.73. The van der Waals surface area contributed by atoms with Crippen molar-refractivity contribution in [2.45, 2.75) is 24.9 Å². The Morgan fingerprint density at radius 1 is 1.20 bits per heavy atom. The predicted octanol–water partition coefficient (Wildman–Crippen LogP) is -2.16. The number of hydrogen-bond donors (Lipinski definition) is 0. The Bertz CT molecular complexity index is 102. The molecule has 0 saturated carbocycles. The van der Waals surface area contributed by atoms with Crippen molar-refractivity contribution in [3.63, 3.8) is 0 Å². The summed E-state index contributed by atoms with van der Waals surface area (Å²) in [5.41, 5.74) is 0. The van der Waals surface area contributed by atoms with Crippen LogP contribution in [0, 0.1) is 0 Å². The zero-order chi connectivity index (χ0) is 6.27. The number of piperazine rings is 1. The predicted molar refractivity (Wildman–Crippen MR) is 37.7 cm³/mol. The second-order valence-electron chi connectivity index (χ2n) is 3.14.